The Kier molecular flexibility index (Phi) is 31.7. The van der Waals surface area contributed by atoms with Gasteiger partial charge in [-0.15, -0.1) is 0 Å². The first kappa shape index (κ1) is 53.6. The van der Waals surface area contributed by atoms with Crippen molar-refractivity contribution >= 4 is 19.8 Å². The molecule has 0 radical (unpaired) electrons. The highest BCUT2D eigenvalue weighted by atomic mass is 31.2. The van der Waals surface area contributed by atoms with Crippen molar-refractivity contribution in [3.05, 3.63) is 60.8 Å². The third kappa shape index (κ3) is 26.6. The second-order valence-electron chi connectivity index (χ2n) is 14.9. The van der Waals surface area contributed by atoms with Crippen molar-refractivity contribution in [3.63, 3.8) is 0 Å². The van der Waals surface area contributed by atoms with Crippen LogP contribution in [0.5, 0.6) is 0 Å². The molecule has 0 spiro atoms. The number of hydrogen-bond acceptors (Lipinski definition) is 12. The summed E-state index contributed by atoms with van der Waals surface area (Å²) >= 11 is 0. The number of phosphoric acid groups is 1. The predicted molar refractivity (Wildman–Crippen MR) is 226 cm³/mol. The molecule has 0 aromatic carbocycles. The van der Waals surface area contributed by atoms with E-state index in [9.17, 15) is 44.6 Å². The third-order valence-electron chi connectivity index (χ3n) is 9.69. The summed E-state index contributed by atoms with van der Waals surface area (Å²) in [5.74, 6) is -1.16. The van der Waals surface area contributed by atoms with Crippen LogP contribution in [0.4, 0.5) is 0 Å². The molecule has 0 bridgehead atoms. The Morgan fingerprint density at radius 3 is 1.57 bits per heavy atom. The molecule has 13 nitrogen and oxygen atoms in total. The van der Waals surface area contributed by atoms with E-state index in [0.29, 0.717) is 12.8 Å². The molecule has 1 aliphatic carbocycles. The SMILES string of the molecule is CC/C=C/C=C/C=C/C=C/CCCCCC(=O)OC(COC(=O)CCCCCCC/C=C/CCCCCCCCC)COP(=O)(O)OC1C(O)C(O)C(O)[C@H](O)C1O. The van der Waals surface area contributed by atoms with Gasteiger partial charge in [-0.2, -0.15) is 0 Å². The zero-order valence-corrected chi connectivity index (χ0v) is 36.0. The molecule has 1 rings (SSSR count). The molecule has 0 aliphatic heterocycles. The van der Waals surface area contributed by atoms with E-state index in [2.05, 4.69) is 32.1 Å². The molecule has 0 aromatic heterocycles. The van der Waals surface area contributed by atoms with Crippen LogP contribution in [0.25, 0.3) is 0 Å². The van der Waals surface area contributed by atoms with Crippen molar-refractivity contribution in [2.24, 2.45) is 0 Å². The zero-order chi connectivity index (χ0) is 42.9. The summed E-state index contributed by atoms with van der Waals surface area (Å²) in [6.07, 6.45) is 27.2. The molecule has 1 aliphatic rings. The van der Waals surface area contributed by atoms with E-state index in [0.717, 1.165) is 64.2 Å². The second-order valence-corrected chi connectivity index (χ2v) is 16.3. The van der Waals surface area contributed by atoms with Crippen LogP contribution in [0.1, 0.15) is 149 Å². The minimum absolute atomic E-state index is 0.0466. The highest BCUT2D eigenvalue weighted by molar-refractivity contribution is 7.47. The average molecular weight is 843 g/mol. The van der Waals surface area contributed by atoms with Gasteiger partial charge in [0.05, 0.1) is 6.61 Å². The molecule has 334 valence electrons. The van der Waals surface area contributed by atoms with Crippen molar-refractivity contribution < 1.29 is 63.1 Å². The van der Waals surface area contributed by atoms with Gasteiger partial charge in [-0.1, -0.05) is 139 Å². The summed E-state index contributed by atoms with van der Waals surface area (Å²) in [4.78, 5) is 35.6. The highest BCUT2D eigenvalue weighted by Gasteiger charge is 2.51. The molecule has 0 amide bonds. The van der Waals surface area contributed by atoms with Crippen LogP contribution in [0.3, 0.4) is 0 Å². The van der Waals surface area contributed by atoms with Gasteiger partial charge in [0, 0.05) is 12.8 Å². The molecule has 8 atom stereocenters. The fraction of sp³-hybridized carbons (Fsp3) is 0.727. The summed E-state index contributed by atoms with van der Waals surface area (Å²) in [5.41, 5.74) is 0. The maximum Gasteiger partial charge on any atom is 0.472 e. The molecule has 7 unspecified atom stereocenters. The minimum atomic E-state index is -5.13. The first-order valence-electron chi connectivity index (χ1n) is 21.6. The molecule has 0 saturated heterocycles. The van der Waals surface area contributed by atoms with Gasteiger partial charge in [0.25, 0.3) is 0 Å². The van der Waals surface area contributed by atoms with Crippen molar-refractivity contribution in [3.8, 4) is 0 Å². The molecular weight excluding hydrogens is 767 g/mol. The van der Waals surface area contributed by atoms with Gasteiger partial charge in [-0.3, -0.25) is 18.6 Å². The number of phosphoric ester groups is 1. The van der Waals surface area contributed by atoms with Gasteiger partial charge in [0.15, 0.2) is 6.10 Å². The molecule has 14 heteroatoms. The van der Waals surface area contributed by atoms with E-state index in [1.165, 1.54) is 44.9 Å². The van der Waals surface area contributed by atoms with Crippen LogP contribution in [-0.2, 0) is 32.7 Å². The number of ether oxygens (including phenoxy) is 2. The van der Waals surface area contributed by atoms with Gasteiger partial charge in [0.2, 0.25) is 0 Å². The molecule has 58 heavy (non-hydrogen) atoms. The Labute approximate surface area is 347 Å². The van der Waals surface area contributed by atoms with Gasteiger partial charge >= 0.3 is 19.8 Å². The summed E-state index contributed by atoms with van der Waals surface area (Å²) in [7, 11) is -5.13. The number of aliphatic hydroxyl groups excluding tert-OH is 5. The Morgan fingerprint density at radius 1 is 0.552 bits per heavy atom. The second kappa shape index (κ2) is 34.3. The van der Waals surface area contributed by atoms with Gasteiger partial charge < -0.3 is 39.9 Å². The first-order valence-corrected chi connectivity index (χ1v) is 23.1. The van der Waals surface area contributed by atoms with Crippen LogP contribution in [0.15, 0.2) is 60.8 Å². The van der Waals surface area contributed by atoms with Crippen molar-refractivity contribution in [1.82, 2.24) is 0 Å². The smallest absolute Gasteiger partial charge is 0.462 e. The zero-order valence-electron chi connectivity index (χ0n) is 35.1. The Balaban J connectivity index is 2.52. The number of hydrogen-bond donors (Lipinski definition) is 6. The molecule has 1 fully saturated rings. The lowest BCUT2D eigenvalue weighted by Crippen LogP contribution is -2.64. The fourth-order valence-electron chi connectivity index (χ4n) is 6.17. The van der Waals surface area contributed by atoms with E-state index in [-0.39, 0.29) is 12.8 Å². The summed E-state index contributed by atoms with van der Waals surface area (Å²) in [5, 5.41) is 50.0. The topological polar surface area (TPSA) is 210 Å². The molecule has 0 heterocycles. The Bertz CT molecular complexity index is 1250. The van der Waals surface area contributed by atoms with Crippen LogP contribution < -0.4 is 0 Å². The molecular formula is C44H75O13P. The number of allylic oxidation sites excluding steroid dienone is 10. The lowest BCUT2D eigenvalue weighted by Gasteiger charge is -2.41. The molecule has 0 aromatic rings. The minimum Gasteiger partial charge on any atom is -0.462 e. The number of esters is 2. The van der Waals surface area contributed by atoms with E-state index >= 15 is 0 Å². The third-order valence-corrected chi connectivity index (χ3v) is 10.7. The van der Waals surface area contributed by atoms with Crippen LogP contribution >= 0.6 is 7.82 Å². The maximum absolute atomic E-state index is 12.8. The lowest BCUT2D eigenvalue weighted by molar-refractivity contribution is -0.220. The van der Waals surface area contributed by atoms with E-state index < -0.39 is 75.7 Å². The number of carbonyl (C=O) groups excluding carboxylic acids is 2. The van der Waals surface area contributed by atoms with Crippen molar-refractivity contribution in [2.75, 3.05) is 13.2 Å². The van der Waals surface area contributed by atoms with Crippen LogP contribution in [-0.4, -0.2) is 98.3 Å². The number of aliphatic hydroxyl groups is 5. The molecule has 6 N–H and O–H groups in total. The van der Waals surface area contributed by atoms with Crippen LogP contribution in [0, 0.1) is 0 Å². The quantitative estimate of drug-likeness (QED) is 0.0120. The monoisotopic (exact) mass is 842 g/mol. The summed E-state index contributed by atoms with van der Waals surface area (Å²) in [6, 6.07) is 0. The first-order chi connectivity index (χ1) is 27.9. The summed E-state index contributed by atoms with van der Waals surface area (Å²) in [6.45, 7) is 3.09. The summed E-state index contributed by atoms with van der Waals surface area (Å²) < 4.78 is 33.4. The standard InChI is InChI=1S/C44H75O13P/c1-3-5-7-9-11-13-15-17-18-19-21-22-24-26-28-30-32-37(45)54-34-36(35-55-58(52,53)57-44-42(50)40(48)39(47)41(49)43(44)51)56-38(46)33-31-29-27-25-23-20-16-14-12-10-8-6-4-2/h6,8,10,12,14,16,18-20,23,36,39-44,47-51H,3-5,7,9,11,13,15,17,21-22,24-35H2,1-2H3,(H,52,53)/b8-6+,12-10+,16-14+,19-18+,23-20+/t36?,39?,40-,41?,42?,43?,44?/m0/s1. The normalized spacial score (nSPS) is 23.1. The number of carbonyl (C=O) groups is 2. The van der Waals surface area contributed by atoms with E-state index in [4.69, 9.17) is 18.5 Å². The van der Waals surface area contributed by atoms with Crippen molar-refractivity contribution in [2.45, 2.75) is 191 Å². The van der Waals surface area contributed by atoms with E-state index in [1.54, 1.807) is 0 Å². The van der Waals surface area contributed by atoms with E-state index in [1.807, 2.05) is 42.5 Å². The van der Waals surface area contributed by atoms with Gasteiger partial charge in [-0.05, 0) is 57.8 Å². The predicted octanol–water partition coefficient (Wildman–Crippen LogP) is 7.77. The van der Waals surface area contributed by atoms with Gasteiger partial charge in [-0.25, -0.2) is 4.57 Å². The average Bonchev–Trinajstić information content (AvgIpc) is 3.20. The number of rotatable bonds is 34. The highest BCUT2D eigenvalue weighted by Crippen LogP contribution is 2.47. The van der Waals surface area contributed by atoms with Gasteiger partial charge in [0.1, 0.15) is 43.2 Å². The Morgan fingerprint density at radius 2 is 1.00 bits per heavy atom. The molecule has 1 saturated carbocycles. The van der Waals surface area contributed by atoms with Crippen molar-refractivity contribution in [1.29, 1.82) is 0 Å². The maximum atomic E-state index is 12.8. The lowest BCUT2D eigenvalue weighted by atomic mass is 9.85. The van der Waals surface area contributed by atoms with Crippen LogP contribution in [0.2, 0.25) is 0 Å². The Hall–Kier alpha value is -2.45. The number of unbranched alkanes of at least 4 members (excludes halogenated alkanes) is 15. The largest absolute Gasteiger partial charge is 0.472 e. The fourth-order valence-corrected chi connectivity index (χ4v) is 7.15.